The van der Waals surface area contributed by atoms with E-state index in [1.807, 2.05) is 56.3 Å². The van der Waals surface area contributed by atoms with Crippen LogP contribution in [0.2, 0.25) is 0 Å². The Hall–Kier alpha value is -3.06. The highest BCUT2D eigenvalue weighted by atomic mass is 32.2. The van der Waals surface area contributed by atoms with Crippen molar-refractivity contribution in [2.75, 3.05) is 5.75 Å². The molecule has 0 aliphatic rings. The Morgan fingerprint density at radius 2 is 1.96 bits per heavy atom. The first-order valence-electron chi connectivity index (χ1n) is 8.42. The van der Waals surface area contributed by atoms with E-state index in [1.165, 1.54) is 4.57 Å². The van der Waals surface area contributed by atoms with E-state index < -0.39 is 5.97 Å². The van der Waals surface area contributed by atoms with E-state index in [0.717, 1.165) is 33.8 Å². The SMILES string of the molecule is Cc1cccc(-n2c(SCC(=O)O)nc3c([nH]c4ccccc43)c2=O)c1C. The Kier molecular flexibility index (Phi) is 4.24. The largest absolute Gasteiger partial charge is 0.481 e. The Labute approximate surface area is 158 Å². The van der Waals surface area contributed by atoms with E-state index in [9.17, 15) is 9.59 Å². The van der Waals surface area contributed by atoms with Gasteiger partial charge in [-0.1, -0.05) is 42.1 Å². The van der Waals surface area contributed by atoms with Gasteiger partial charge in [0.2, 0.25) is 0 Å². The summed E-state index contributed by atoms with van der Waals surface area (Å²) in [6.07, 6.45) is 0. The standard InChI is InChI=1S/C20H17N3O3S/c1-11-6-5-9-15(12(11)2)23-19(26)18-17(22-20(23)27-10-16(24)25)13-7-3-4-8-14(13)21-18/h3-9,21H,10H2,1-2H3,(H,24,25). The van der Waals surface area contributed by atoms with Gasteiger partial charge in [0.05, 0.1) is 11.4 Å². The Balaban J connectivity index is 2.08. The van der Waals surface area contributed by atoms with Crippen molar-refractivity contribution in [2.24, 2.45) is 0 Å². The molecule has 0 saturated heterocycles. The third-order valence-corrected chi connectivity index (χ3v) is 5.56. The number of hydrogen-bond donors (Lipinski definition) is 2. The van der Waals surface area contributed by atoms with Gasteiger partial charge in [-0.3, -0.25) is 14.2 Å². The molecular formula is C20H17N3O3S. The van der Waals surface area contributed by atoms with E-state index in [1.54, 1.807) is 0 Å². The average Bonchev–Trinajstić information content (AvgIpc) is 3.02. The third kappa shape index (κ3) is 2.90. The molecule has 0 unspecified atom stereocenters. The number of thioether (sulfide) groups is 1. The summed E-state index contributed by atoms with van der Waals surface area (Å²) >= 11 is 1.04. The predicted octanol–water partition coefficient (Wildman–Crippen LogP) is 3.66. The van der Waals surface area contributed by atoms with Crippen LogP contribution in [-0.4, -0.2) is 31.4 Å². The van der Waals surface area contributed by atoms with Gasteiger partial charge in [0.15, 0.2) is 5.16 Å². The number of rotatable bonds is 4. The number of nitrogens with one attached hydrogen (secondary N) is 1. The van der Waals surface area contributed by atoms with Crippen LogP contribution in [0.15, 0.2) is 52.4 Å². The number of H-pyrrole nitrogens is 1. The molecule has 2 N–H and O–H groups in total. The zero-order valence-electron chi connectivity index (χ0n) is 14.8. The van der Waals surface area contributed by atoms with E-state index in [2.05, 4.69) is 9.97 Å². The predicted molar refractivity (Wildman–Crippen MR) is 107 cm³/mol. The Morgan fingerprint density at radius 1 is 1.19 bits per heavy atom. The van der Waals surface area contributed by atoms with Crippen LogP contribution in [-0.2, 0) is 4.79 Å². The molecule has 7 heteroatoms. The lowest BCUT2D eigenvalue weighted by Gasteiger charge is -2.15. The topological polar surface area (TPSA) is 88.0 Å². The first-order chi connectivity index (χ1) is 13.0. The maximum atomic E-state index is 13.4. The van der Waals surface area contributed by atoms with E-state index in [0.29, 0.717) is 21.9 Å². The van der Waals surface area contributed by atoms with Crippen molar-refractivity contribution >= 4 is 39.7 Å². The van der Waals surface area contributed by atoms with Crippen molar-refractivity contribution in [1.29, 1.82) is 0 Å². The number of carboxylic acid groups (broad SMARTS) is 1. The summed E-state index contributed by atoms with van der Waals surface area (Å²) in [5, 5.41) is 10.3. The molecule has 2 aromatic heterocycles. The smallest absolute Gasteiger partial charge is 0.313 e. The normalized spacial score (nSPS) is 11.3. The maximum absolute atomic E-state index is 13.4. The molecule has 0 aliphatic heterocycles. The van der Waals surface area contributed by atoms with Crippen LogP contribution in [0.25, 0.3) is 27.6 Å². The van der Waals surface area contributed by atoms with Crippen molar-refractivity contribution in [2.45, 2.75) is 19.0 Å². The van der Waals surface area contributed by atoms with Crippen LogP contribution in [0.3, 0.4) is 0 Å². The molecule has 27 heavy (non-hydrogen) atoms. The summed E-state index contributed by atoms with van der Waals surface area (Å²) in [5.41, 5.74) is 4.27. The minimum atomic E-state index is -0.958. The number of fused-ring (bicyclic) bond motifs is 3. The molecule has 0 radical (unpaired) electrons. The van der Waals surface area contributed by atoms with E-state index >= 15 is 0 Å². The fourth-order valence-electron chi connectivity index (χ4n) is 3.16. The highest BCUT2D eigenvalue weighted by Gasteiger charge is 2.19. The highest BCUT2D eigenvalue weighted by molar-refractivity contribution is 7.99. The van der Waals surface area contributed by atoms with Gasteiger partial charge in [-0.25, -0.2) is 4.98 Å². The van der Waals surface area contributed by atoms with Gasteiger partial charge in [0, 0.05) is 10.9 Å². The maximum Gasteiger partial charge on any atom is 0.313 e. The lowest BCUT2D eigenvalue weighted by Crippen LogP contribution is -2.23. The van der Waals surface area contributed by atoms with Crippen LogP contribution in [0, 0.1) is 13.8 Å². The Morgan fingerprint density at radius 3 is 2.74 bits per heavy atom. The van der Waals surface area contributed by atoms with Crippen molar-refractivity contribution < 1.29 is 9.90 Å². The van der Waals surface area contributed by atoms with Gasteiger partial charge < -0.3 is 10.1 Å². The molecule has 0 amide bonds. The van der Waals surface area contributed by atoms with Gasteiger partial charge in [-0.2, -0.15) is 0 Å². The number of carboxylic acids is 1. The molecule has 2 aromatic carbocycles. The zero-order chi connectivity index (χ0) is 19.1. The number of aryl methyl sites for hydroxylation is 1. The first kappa shape index (κ1) is 17.4. The van der Waals surface area contributed by atoms with E-state index in [4.69, 9.17) is 5.11 Å². The number of benzene rings is 2. The molecule has 2 heterocycles. The molecule has 0 spiro atoms. The minimum Gasteiger partial charge on any atom is -0.481 e. The summed E-state index contributed by atoms with van der Waals surface area (Å²) in [5.74, 6) is -1.13. The quantitative estimate of drug-likeness (QED) is 0.417. The third-order valence-electron chi connectivity index (χ3n) is 4.64. The molecule has 6 nitrogen and oxygen atoms in total. The number of aliphatic carboxylic acids is 1. The molecule has 0 atom stereocenters. The van der Waals surface area contributed by atoms with Gasteiger partial charge in [0.25, 0.3) is 5.56 Å². The second-order valence-corrected chi connectivity index (χ2v) is 7.27. The molecule has 4 aromatic rings. The summed E-state index contributed by atoms with van der Waals surface area (Å²) in [7, 11) is 0. The number of para-hydroxylation sites is 1. The van der Waals surface area contributed by atoms with E-state index in [-0.39, 0.29) is 11.3 Å². The molecule has 4 rings (SSSR count). The van der Waals surface area contributed by atoms with Gasteiger partial charge in [-0.15, -0.1) is 0 Å². The summed E-state index contributed by atoms with van der Waals surface area (Å²) in [4.78, 5) is 32.3. The van der Waals surface area contributed by atoms with Gasteiger partial charge >= 0.3 is 5.97 Å². The molecule has 0 bridgehead atoms. The number of nitrogens with zero attached hydrogens (tertiary/aromatic N) is 2. The number of hydrogen-bond acceptors (Lipinski definition) is 4. The van der Waals surface area contributed by atoms with Crippen molar-refractivity contribution in [3.05, 3.63) is 63.9 Å². The fraction of sp³-hybridized carbons (Fsp3) is 0.150. The van der Waals surface area contributed by atoms with Crippen molar-refractivity contribution in [3.63, 3.8) is 0 Å². The Bertz CT molecular complexity index is 1260. The van der Waals surface area contributed by atoms with Gasteiger partial charge in [-0.05, 0) is 37.1 Å². The molecule has 0 saturated carbocycles. The van der Waals surface area contributed by atoms with Crippen LogP contribution in [0.4, 0.5) is 0 Å². The number of aromatic amines is 1. The molecule has 0 fully saturated rings. The second-order valence-electron chi connectivity index (χ2n) is 6.33. The summed E-state index contributed by atoms with van der Waals surface area (Å²) in [6, 6.07) is 13.3. The number of carbonyl (C=O) groups is 1. The average molecular weight is 379 g/mol. The van der Waals surface area contributed by atoms with Crippen molar-refractivity contribution in [1.82, 2.24) is 14.5 Å². The second kappa shape index (κ2) is 6.59. The highest BCUT2D eigenvalue weighted by Crippen LogP contribution is 2.27. The van der Waals surface area contributed by atoms with Crippen LogP contribution >= 0.6 is 11.8 Å². The van der Waals surface area contributed by atoms with Crippen LogP contribution < -0.4 is 5.56 Å². The monoisotopic (exact) mass is 379 g/mol. The summed E-state index contributed by atoms with van der Waals surface area (Å²) in [6.45, 7) is 3.92. The van der Waals surface area contributed by atoms with Crippen LogP contribution in [0.5, 0.6) is 0 Å². The molecule has 0 aliphatic carbocycles. The number of aromatic nitrogens is 3. The lowest BCUT2D eigenvalue weighted by molar-refractivity contribution is -0.133. The lowest BCUT2D eigenvalue weighted by atomic mass is 10.1. The molecule has 136 valence electrons. The minimum absolute atomic E-state index is 0.175. The fourth-order valence-corrected chi connectivity index (χ4v) is 3.87. The zero-order valence-corrected chi connectivity index (χ0v) is 15.6. The summed E-state index contributed by atoms with van der Waals surface area (Å²) < 4.78 is 1.51. The molecular weight excluding hydrogens is 362 g/mol. The van der Waals surface area contributed by atoms with Crippen LogP contribution in [0.1, 0.15) is 11.1 Å². The van der Waals surface area contributed by atoms with Crippen molar-refractivity contribution in [3.8, 4) is 5.69 Å². The van der Waals surface area contributed by atoms with Gasteiger partial charge in [0.1, 0.15) is 11.0 Å². The first-order valence-corrected chi connectivity index (χ1v) is 9.40.